The van der Waals surface area contributed by atoms with Crippen molar-refractivity contribution >= 4 is 9.84 Å². The van der Waals surface area contributed by atoms with Gasteiger partial charge in [0.15, 0.2) is 0 Å². The molecule has 0 aromatic carbocycles. The van der Waals surface area contributed by atoms with Crippen molar-refractivity contribution in [3.63, 3.8) is 0 Å². The predicted octanol–water partition coefficient (Wildman–Crippen LogP) is 0.578. The summed E-state index contributed by atoms with van der Waals surface area (Å²) in [6, 6.07) is 0.120. The summed E-state index contributed by atoms with van der Waals surface area (Å²) in [5, 5.41) is 3.17. The minimum atomic E-state index is -2.88. The smallest absolute Gasteiger partial charge is 0.147 e. The van der Waals surface area contributed by atoms with Crippen molar-refractivity contribution in [3.05, 3.63) is 0 Å². The van der Waals surface area contributed by atoms with Gasteiger partial charge in [0.25, 0.3) is 0 Å². The third-order valence-electron chi connectivity index (χ3n) is 3.11. The molecule has 0 radical (unpaired) electrons. The second-order valence-electron chi connectivity index (χ2n) is 4.52. The molecule has 1 aliphatic rings. The van der Waals surface area contributed by atoms with Gasteiger partial charge in [0.1, 0.15) is 9.84 Å². The molecule has 0 saturated carbocycles. The fourth-order valence-corrected chi connectivity index (χ4v) is 2.83. The molecule has 0 aliphatic carbocycles. The lowest BCUT2D eigenvalue weighted by Crippen LogP contribution is -2.47. The zero-order valence-electron chi connectivity index (χ0n) is 9.75. The molecule has 2 unspecified atom stereocenters. The second kappa shape index (κ2) is 4.80. The first-order chi connectivity index (χ1) is 6.87. The Bertz CT molecular complexity index is 294. The summed E-state index contributed by atoms with van der Waals surface area (Å²) < 4.78 is 27.9. The summed E-state index contributed by atoms with van der Waals surface area (Å²) in [5.41, 5.74) is -0.195. The third kappa shape index (κ3) is 3.74. The summed E-state index contributed by atoms with van der Waals surface area (Å²) in [6.45, 7) is 2.84. The fraction of sp³-hybridized carbons (Fsp3) is 1.00. The zero-order chi connectivity index (χ0) is 11.5. The Labute approximate surface area is 92.3 Å². The van der Waals surface area contributed by atoms with E-state index in [2.05, 4.69) is 12.2 Å². The average Bonchev–Trinajstić information content (AvgIpc) is 2.52. The number of likely N-dealkylation sites (N-methyl/N-ethyl adjacent to an activating group) is 1. The Balaban J connectivity index is 2.55. The molecule has 1 aliphatic heterocycles. The summed E-state index contributed by atoms with van der Waals surface area (Å²) in [4.78, 5) is 0. The molecule has 0 amide bonds. The standard InChI is InChI=1S/C10H21NO3S/c1-10(6-4-7-14-10)9(11-2)5-8-15(3,12)13/h9,11H,4-8H2,1-3H3. The van der Waals surface area contributed by atoms with Crippen LogP contribution in [0.25, 0.3) is 0 Å². The van der Waals surface area contributed by atoms with Gasteiger partial charge in [0.2, 0.25) is 0 Å². The van der Waals surface area contributed by atoms with Crippen molar-refractivity contribution < 1.29 is 13.2 Å². The highest BCUT2D eigenvalue weighted by Gasteiger charge is 2.37. The fourth-order valence-electron chi connectivity index (χ4n) is 2.16. The number of sulfone groups is 1. The van der Waals surface area contributed by atoms with E-state index in [1.165, 1.54) is 6.26 Å². The number of hydrogen-bond acceptors (Lipinski definition) is 4. The van der Waals surface area contributed by atoms with Crippen molar-refractivity contribution in [1.82, 2.24) is 5.32 Å². The number of rotatable bonds is 5. The van der Waals surface area contributed by atoms with Crippen molar-refractivity contribution in [1.29, 1.82) is 0 Å². The highest BCUT2D eigenvalue weighted by Crippen LogP contribution is 2.30. The summed E-state index contributed by atoms with van der Waals surface area (Å²) >= 11 is 0. The van der Waals surface area contributed by atoms with Crippen molar-refractivity contribution in [2.45, 2.75) is 37.8 Å². The van der Waals surface area contributed by atoms with Crippen molar-refractivity contribution in [2.75, 3.05) is 25.7 Å². The molecule has 1 rings (SSSR count). The van der Waals surface area contributed by atoms with Crippen molar-refractivity contribution in [3.8, 4) is 0 Å². The first-order valence-electron chi connectivity index (χ1n) is 5.36. The monoisotopic (exact) mass is 235 g/mol. The summed E-state index contributed by atoms with van der Waals surface area (Å²) in [6.07, 6.45) is 3.96. The van der Waals surface area contributed by atoms with Gasteiger partial charge in [-0.15, -0.1) is 0 Å². The van der Waals surface area contributed by atoms with Crippen LogP contribution >= 0.6 is 0 Å². The van der Waals surface area contributed by atoms with Crippen LogP contribution in [0.3, 0.4) is 0 Å². The van der Waals surface area contributed by atoms with Gasteiger partial charge in [-0.1, -0.05) is 0 Å². The van der Waals surface area contributed by atoms with Crippen LogP contribution in [0.5, 0.6) is 0 Å². The van der Waals surface area contributed by atoms with E-state index in [-0.39, 0.29) is 17.4 Å². The van der Waals surface area contributed by atoms with Crippen LogP contribution < -0.4 is 5.32 Å². The Morgan fingerprint density at radius 2 is 2.20 bits per heavy atom. The van der Waals surface area contributed by atoms with Crippen LogP contribution in [0.2, 0.25) is 0 Å². The van der Waals surface area contributed by atoms with Crippen LogP contribution in [-0.4, -0.2) is 45.7 Å². The van der Waals surface area contributed by atoms with Gasteiger partial charge in [0, 0.05) is 18.9 Å². The van der Waals surface area contributed by atoms with Crippen LogP contribution in [0.15, 0.2) is 0 Å². The third-order valence-corrected chi connectivity index (χ3v) is 4.09. The highest BCUT2D eigenvalue weighted by molar-refractivity contribution is 7.90. The highest BCUT2D eigenvalue weighted by atomic mass is 32.2. The second-order valence-corrected chi connectivity index (χ2v) is 6.78. The van der Waals surface area contributed by atoms with E-state index in [0.29, 0.717) is 6.42 Å². The van der Waals surface area contributed by atoms with Crippen LogP contribution in [-0.2, 0) is 14.6 Å². The van der Waals surface area contributed by atoms with E-state index in [0.717, 1.165) is 19.4 Å². The number of hydrogen-bond donors (Lipinski definition) is 1. The average molecular weight is 235 g/mol. The lowest BCUT2D eigenvalue weighted by atomic mass is 9.91. The van der Waals surface area contributed by atoms with Crippen molar-refractivity contribution in [2.24, 2.45) is 0 Å². The molecule has 1 fully saturated rings. The molecule has 0 bridgehead atoms. The number of ether oxygens (including phenoxy) is 1. The zero-order valence-corrected chi connectivity index (χ0v) is 10.6. The molecule has 1 heterocycles. The molecule has 90 valence electrons. The van der Waals surface area contributed by atoms with E-state index >= 15 is 0 Å². The molecule has 0 spiro atoms. The van der Waals surface area contributed by atoms with Gasteiger partial charge in [-0.25, -0.2) is 8.42 Å². The minimum absolute atomic E-state index is 0.120. The van der Waals surface area contributed by atoms with E-state index in [4.69, 9.17) is 4.74 Å². The Morgan fingerprint density at radius 1 is 1.53 bits per heavy atom. The van der Waals surface area contributed by atoms with Crippen LogP contribution in [0.1, 0.15) is 26.2 Å². The van der Waals surface area contributed by atoms with E-state index in [9.17, 15) is 8.42 Å². The largest absolute Gasteiger partial charge is 0.374 e. The minimum Gasteiger partial charge on any atom is -0.374 e. The Morgan fingerprint density at radius 3 is 2.60 bits per heavy atom. The first kappa shape index (κ1) is 12.9. The van der Waals surface area contributed by atoms with E-state index < -0.39 is 9.84 Å². The lowest BCUT2D eigenvalue weighted by molar-refractivity contribution is -0.0103. The van der Waals surface area contributed by atoms with Gasteiger partial charge in [0.05, 0.1) is 11.4 Å². The maximum absolute atomic E-state index is 11.1. The van der Waals surface area contributed by atoms with Gasteiger partial charge in [-0.3, -0.25) is 0 Å². The predicted molar refractivity (Wildman–Crippen MR) is 60.8 cm³/mol. The first-order valence-corrected chi connectivity index (χ1v) is 7.42. The number of nitrogens with one attached hydrogen (secondary N) is 1. The van der Waals surface area contributed by atoms with Crippen LogP contribution in [0.4, 0.5) is 0 Å². The Kier molecular flexibility index (Phi) is 4.14. The molecule has 4 nitrogen and oxygen atoms in total. The quantitative estimate of drug-likeness (QED) is 0.757. The Hall–Kier alpha value is -0.130. The van der Waals surface area contributed by atoms with Gasteiger partial charge >= 0.3 is 0 Å². The van der Waals surface area contributed by atoms with Gasteiger partial charge < -0.3 is 10.1 Å². The molecule has 2 atom stereocenters. The molecule has 1 saturated heterocycles. The van der Waals surface area contributed by atoms with Gasteiger partial charge in [-0.2, -0.15) is 0 Å². The summed E-state index contributed by atoms with van der Waals surface area (Å²) in [5.74, 6) is 0.220. The lowest BCUT2D eigenvalue weighted by Gasteiger charge is -2.33. The van der Waals surface area contributed by atoms with Crippen LogP contribution in [0, 0.1) is 0 Å². The molecule has 0 aromatic heterocycles. The summed E-state index contributed by atoms with van der Waals surface area (Å²) in [7, 11) is -1.02. The molecule has 0 aromatic rings. The maximum atomic E-state index is 11.1. The molecule has 1 N–H and O–H groups in total. The molecular formula is C10H21NO3S. The maximum Gasteiger partial charge on any atom is 0.147 e. The SMILES string of the molecule is CNC(CCS(C)(=O)=O)C1(C)CCCO1. The normalized spacial score (nSPS) is 29.3. The van der Waals surface area contributed by atoms with E-state index in [1.807, 2.05) is 7.05 Å². The topological polar surface area (TPSA) is 55.4 Å². The molecule has 5 heteroatoms. The van der Waals surface area contributed by atoms with E-state index in [1.54, 1.807) is 0 Å². The molecular weight excluding hydrogens is 214 g/mol. The molecule has 15 heavy (non-hydrogen) atoms. The van der Waals surface area contributed by atoms with Gasteiger partial charge in [-0.05, 0) is 33.2 Å².